The fourth-order valence-electron chi connectivity index (χ4n) is 2.45. The molecule has 4 heteroatoms. The van der Waals surface area contributed by atoms with Crippen LogP contribution in [0.1, 0.15) is 48.5 Å². The van der Waals surface area contributed by atoms with E-state index in [0.29, 0.717) is 0 Å². The zero-order valence-corrected chi connectivity index (χ0v) is 13.0. The number of carbonyl (C=O) groups is 1. The van der Waals surface area contributed by atoms with Crippen LogP contribution >= 0.6 is 0 Å². The molecule has 4 nitrogen and oxygen atoms in total. The highest BCUT2D eigenvalue weighted by Crippen LogP contribution is 2.27. The van der Waals surface area contributed by atoms with Crippen molar-refractivity contribution in [2.75, 3.05) is 19.6 Å². The van der Waals surface area contributed by atoms with Gasteiger partial charge in [-0.3, -0.25) is 9.69 Å². The van der Waals surface area contributed by atoms with Crippen molar-refractivity contribution < 1.29 is 4.79 Å². The number of hydrogen-bond donors (Lipinski definition) is 1. The van der Waals surface area contributed by atoms with Crippen molar-refractivity contribution in [2.45, 2.75) is 65.1 Å². The summed E-state index contributed by atoms with van der Waals surface area (Å²) in [7, 11) is 0. The summed E-state index contributed by atoms with van der Waals surface area (Å²) in [6.07, 6.45) is 0. The summed E-state index contributed by atoms with van der Waals surface area (Å²) >= 11 is 0. The van der Waals surface area contributed by atoms with Gasteiger partial charge in [-0.2, -0.15) is 0 Å². The molecule has 0 radical (unpaired) electrons. The lowest BCUT2D eigenvalue weighted by atomic mass is 9.91. The molecule has 0 atom stereocenters. The Balaban J connectivity index is 2.87. The molecular weight excluding hydrogens is 226 g/mol. The quantitative estimate of drug-likeness (QED) is 0.771. The third-order valence-corrected chi connectivity index (χ3v) is 3.65. The van der Waals surface area contributed by atoms with Crippen molar-refractivity contribution >= 4 is 5.91 Å². The molecule has 0 aromatic rings. The summed E-state index contributed by atoms with van der Waals surface area (Å²) in [5.74, 6) is 0.0426. The van der Waals surface area contributed by atoms with Gasteiger partial charge in [0.05, 0.1) is 11.1 Å². The van der Waals surface area contributed by atoms with E-state index in [1.165, 1.54) is 0 Å². The zero-order valence-electron chi connectivity index (χ0n) is 13.0. The van der Waals surface area contributed by atoms with E-state index in [9.17, 15) is 4.79 Å². The molecule has 2 N–H and O–H groups in total. The molecule has 0 aromatic carbocycles. The maximum absolute atomic E-state index is 12.4. The van der Waals surface area contributed by atoms with Gasteiger partial charge < -0.3 is 10.6 Å². The first-order valence-electron chi connectivity index (χ1n) is 6.72. The first kappa shape index (κ1) is 15.4. The van der Waals surface area contributed by atoms with Crippen LogP contribution in [0.3, 0.4) is 0 Å². The van der Waals surface area contributed by atoms with E-state index in [0.717, 1.165) is 19.6 Å². The van der Waals surface area contributed by atoms with Crippen LogP contribution in [-0.2, 0) is 4.79 Å². The van der Waals surface area contributed by atoms with Gasteiger partial charge in [-0.05, 0) is 48.5 Å². The minimum absolute atomic E-state index is 0.0426. The fourth-order valence-corrected chi connectivity index (χ4v) is 2.45. The third-order valence-electron chi connectivity index (χ3n) is 3.65. The lowest BCUT2D eigenvalue weighted by Gasteiger charge is -2.52. The number of carbonyl (C=O) groups excluding carboxylic acids is 1. The molecule has 1 saturated heterocycles. The van der Waals surface area contributed by atoms with Crippen molar-refractivity contribution in [2.24, 2.45) is 5.73 Å². The maximum atomic E-state index is 12.4. The van der Waals surface area contributed by atoms with E-state index in [4.69, 9.17) is 5.73 Å². The predicted molar refractivity (Wildman–Crippen MR) is 75.4 cm³/mol. The smallest absolute Gasteiger partial charge is 0.242 e. The van der Waals surface area contributed by atoms with Gasteiger partial charge in [0, 0.05) is 25.2 Å². The summed E-state index contributed by atoms with van der Waals surface area (Å²) in [4.78, 5) is 16.7. The van der Waals surface area contributed by atoms with Crippen LogP contribution in [0.15, 0.2) is 0 Å². The first-order valence-corrected chi connectivity index (χ1v) is 6.72. The molecule has 1 aliphatic rings. The van der Waals surface area contributed by atoms with Gasteiger partial charge in [-0.1, -0.05) is 0 Å². The molecule has 18 heavy (non-hydrogen) atoms. The molecule has 1 fully saturated rings. The summed E-state index contributed by atoms with van der Waals surface area (Å²) in [5.41, 5.74) is 5.13. The topological polar surface area (TPSA) is 49.6 Å². The Bertz CT molecular complexity index is 323. The summed E-state index contributed by atoms with van der Waals surface area (Å²) < 4.78 is 0. The van der Waals surface area contributed by atoms with Crippen LogP contribution in [0, 0.1) is 0 Å². The highest BCUT2D eigenvalue weighted by atomic mass is 16.2. The molecule has 0 spiro atoms. The average molecular weight is 255 g/mol. The van der Waals surface area contributed by atoms with Crippen molar-refractivity contribution in [3.05, 3.63) is 0 Å². The normalized spacial score (nSPS) is 22.1. The minimum Gasteiger partial charge on any atom is -0.333 e. The molecule has 1 rings (SSSR count). The van der Waals surface area contributed by atoms with E-state index >= 15 is 0 Å². The van der Waals surface area contributed by atoms with Crippen LogP contribution in [0.4, 0.5) is 0 Å². The van der Waals surface area contributed by atoms with Crippen molar-refractivity contribution in [3.63, 3.8) is 0 Å². The lowest BCUT2D eigenvalue weighted by Crippen LogP contribution is -2.67. The maximum Gasteiger partial charge on any atom is 0.242 e. The van der Waals surface area contributed by atoms with Gasteiger partial charge in [0.2, 0.25) is 5.91 Å². The Morgan fingerprint density at radius 1 is 1.11 bits per heavy atom. The SMILES string of the molecule is CC(C)(N)C(=O)N1CCN(C(C)(C)C)CC1(C)C. The number of rotatable bonds is 1. The van der Waals surface area contributed by atoms with E-state index < -0.39 is 5.54 Å². The van der Waals surface area contributed by atoms with Crippen LogP contribution in [0.25, 0.3) is 0 Å². The Kier molecular flexibility index (Phi) is 3.86. The fraction of sp³-hybridized carbons (Fsp3) is 0.929. The Hall–Kier alpha value is -0.610. The van der Waals surface area contributed by atoms with E-state index in [1.54, 1.807) is 13.8 Å². The lowest BCUT2D eigenvalue weighted by molar-refractivity contribution is -0.147. The molecule has 0 saturated carbocycles. The van der Waals surface area contributed by atoms with Gasteiger partial charge >= 0.3 is 0 Å². The highest BCUT2D eigenvalue weighted by molar-refractivity contribution is 5.86. The third kappa shape index (κ3) is 3.23. The Labute approximate surface area is 111 Å². The predicted octanol–water partition coefficient (Wildman–Crippen LogP) is 1.45. The number of nitrogens with zero attached hydrogens (tertiary/aromatic N) is 2. The molecule has 106 valence electrons. The average Bonchev–Trinajstić information content (AvgIpc) is 2.12. The minimum atomic E-state index is -0.791. The van der Waals surface area contributed by atoms with Crippen molar-refractivity contribution in [3.8, 4) is 0 Å². The van der Waals surface area contributed by atoms with Gasteiger partial charge in [0.15, 0.2) is 0 Å². The molecule has 1 amide bonds. The van der Waals surface area contributed by atoms with E-state index in [2.05, 4.69) is 39.5 Å². The molecule has 1 heterocycles. The Morgan fingerprint density at radius 3 is 1.94 bits per heavy atom. The standard InChI is InChI=1S/C14H29N3O/c1-12(2,3)16-8-9-17(13(4,5)10-16)11(18)14(6,7)15/h8-10,15H2,1-7H3. The second-order valence-electron chi connectivity index (χ2n) is 7.58. The van der Waals surface area contributed by atoms with Crippen molar-refractivity contribution in [1.82, 2.24) is 9.80 Å². The molecule has 0 aliphatic carbocycles. The summed E-state index contributed by atoms with van der Waals surface area (Å²) in [6, 6.07) is 0. The van der Waals surface area contributed by atoms with Gasteiger partial charge in [-0.25, -0.2) is 0 Å². The molecule has 0 aromatic heterocycles. The second kappa shape index (κ2) is 4.49. The van der Waals surface area contributed by atoms with Crippen LogP contribution < -0.4 is 5.73 Å². The highest BCUT2D eigenvalue weighted by Gasteiger charge is 2.42. The number of piperazine rings is 1. The second-order valence-corrected chi connectivity index (χ2v) is 7.58. The molecule has 0 unspecified atom stereocenters. The van der Waals surface area contributed by atoms with Gasteiger partial charge in [0.1, 0.15) is 0 Å². The number of amides is 1. The van der Waals surface area contributed by atoms with Crippen LogP contribution in [0.5, 0.6) is 0 Å². The summed E-state index contributed by atoms with van der Waals surface area (Å²) in [6.45, 7) is 17.0. The zero-order chi connectivity index (χ0) is 14.4. The number of hydrogen-bond acceptors (Lipinski definition) is 3. The number of nitrogens with two attached hydrogens (primary N) is 1. The molecule has 0 bridgehead atoms. The molecule has 1 aliphatic heterocycles. The summed E-state index contributed by atoms with van der Waals surface area (Å²) in [5, 5.41) is 0. The Morgan fingerprint density at radius 2 is 1.61 bits per heavy atom. The van der Waals surface area contributed by atoms with Gasteiger partial charge in [-0.15, -0.1) is 0 Å². The first-order chi connectivity index (χ1) is 7.86. The van der Waals surface area contributed by atoms with Crippen LogP contribution in [-0.4, -0.2) is 52.0 Å². The van der Waals surface area contributed by atoms with E-state index in [1.807, 2.05) is 4.90 Å². The van der Waals surface area contributed by atoms with Gasteiger partial charge in [0.25, 0.3) is 0 Å². The van der Waals surface area contributed by atoms with E-state index in [-0.39, 0.29) is 17.0 Å². The largest absolute Gasteiger partial charge is 0.333 e. The molecular formula is C14H29N3O. The van der Waals surface area contributed by atoms with Crippen molar-refractivity contribution in [1.29, 1.82) is 0 Å². The van der Waals surface area contributed by atoms with Crippen LogP contribution in [0.2, 0.25) is 0 Å². The monoisotopic (exact) mass is 255 g/mol.